The Morgan fingerprint density at radius 3 is 2.57 bits per heavy atom. The van der Waals surface area contributed by atoms with Gasteiger partial charge >= 0.3 is 0 Å². The van der Waals surface area contributed by atoms with Crippen LogP contribution in [-0.4, -0.2) is 60.6 Å². The van der Waals surface area contributed by atoms with E-state index in [0.717, 1.165) is 37.9 Å². The minimum Gasteiger partial charge on any atom is -0.368 e. The highest BCUT2D eigenvalue weighted by atomic mass is 15.3. The first kappa shape index (κ1) is 15.9. The van der Waals surface area contributed by atoms with Crippen LogP contribution >= 0.6 is 0 Å². The van der Waals surface area contributed by atoms with Crippen molar-refractivity contribution in [3.05, 3.63) is 5.82 Å². The Labute approximate surface area is 127 Å². The van der Waals surface area contributed by atoms with Gasteiger partial charge in [0, 0.05) is 14.1 Å². The smallest absolute Gasteiger partial charge is 0.229 e. The van der Waals surface area contributed by atoms with Gasteiger partial charge in [0.25, 0.3) is 0 Å². The molecule has 0 saturated carbocycles. The maximum atomic E-state index is 5.76. The molecule has 1 aliphatic rings. The molecule has 2 rings (SSSR count). The number of rotatable bonds is 6. The highest BCUT2D eigenvalue weighted by molar-refractivity contribution is 5.32. The van der Waals surface area contributed by atoms with Crippen molar-refractivity contribution >= 4 is 11.9 Å². The van der Waals surface area contributed by atoms with Crippen LogP contribution in [0, 0.1) is 5.92 Å². The van der Waals surface area contributed by atoms with E-state index in [1.807, 2.05) is 26.0 Å². The minimum absolute atomic E-state index is 0.299. The van der Waals surface area contributed by atoms with Crippen molar-refractivity contribution in [3.8, 4) is 0 Å². The first-order valence-corrected chi connectivity index (χ1v) is 7.63. The van der Waals surface area contributed by atoms with Crippen LogP contribution in [0.4, 0.5) is 11.9 Å². The third-order valence-corrected chi connectivity index (χ3v) is 3.96. The van der Waals surface area contributed by atoms with Crippen LogP contribution in [0.2, 0.25) is 0 Å². The molecule has 0 bridgehead atoms. The highest BCUT2D eigenvalue weighted by Gasteiger charge is 2.20. The Hall–Kier alpha value is -1.47. The molecule has 1 fully saturated rings. The number of hydrogen-bond acceptors (Lipinski definition) is 7. The number of anilines is 2. The summed E-state index contributed by atoms with van der Waals surface area (Å²) in [6.07, 6.45) is 3.78. The molecule has 0 unspecified atom stereocenters. The zero-order valence-corrected chi connectivity index (χ0v) is 13.3. The highest BCUT2D eigenvalue weighted by Crippen LogP contribution is 2.21. The van der Waals surface area contributed by atoms with Crippen molar-refractivity contribution in [2.24, 2.45) is 5.92 Å². The molecular weight excluding hydrogens is 266 g/mol. The number of nitrogen functional groups attached to an aromatic ring is 1. The average Bonchev–Trinajstić information content (AvgIpc) is 2.46. The third-order valence-electron chi connectivity index (χ3n) is 3.96. The second-order valence-electron chi connectivity index (χ2n) is 5.92. The molecule has 0 aliphatic carbocycles. The van der Waals surface area contributed by atoms with Gasteiger partial charge in [0.2, 0.25) is 11.9 Å². The van der Waals surface area contributed by atoms with Crippen LogP contribution in [0.15, 0.2) is 0 Å². The Kier molecular flexibility index (Phi) is 5.69. The van der Waals surface area contributed by atoms with Crippen molar-refractivity contribution in [2.45, 2.75) is 25.8 Å². The van der Waals surface area contributed by atoms with Crippen molar-refractivity contribution in [2.75, 3.05) is 51.4 Å². The quantitative estimate of drug-likeness (QED) is 0.782. The Bertz CT molecular complexity index is 441. The van der Waals surface area contributed by atoms with E-state index in [9.17, 15) is 0 Å². The number of nitrogens with two attached hydrogens (primary N) is 1. The molecule has 0 aromatic carbocycles. The van der Waals surface area contributed by atoms with E-state index in [2.05, 4.69) is 25.2 Å². The van der Waals surface area contributed by atoms with E-state index < -0.39 is 0 Å². The van der Waals surface area contributed by atoms with E-state index in [1.165, 1.54) is 19.3 Å². The first-order valence-electron chi connectivity index (χ1n) is 7.63. The van der Waals surface area contributed by atoms with Crippen LogP contribution < -0.4 is 16.0 Å². The maximum absolute atomic E-state index is 5.76. The predicted octanol–water partition coefficient (Wildman–Crippen LogP) is 0.341. The van der Waals surface area contributed by atoms with Crippen LogP contribution in [0.3, 0.4) is 0 Å². The molecule has 0 spiro atoms. The topological polar surface area (TPSA) is 83.2 Å². The number of nitrogens with one attached hydrogen (secondary N) is 1. The van der Waals surface area contributed by atoms with Gasteiger partial charge in [-0.2, -0.15) is 15.0 Å². The number of aromatic nitrogens is 3. The van der Waals surface area contributed by atoms with Gasteiger partial charge in [0.15, 0.2) is 0 Å². The standard InChI is InChI=1S/C14H27N7/c1-16-7-4-11-5-8-21(9-6-11)10-12-17-13(15)19-14(18-12)20(2)3/h11,16H,4-10H2,1-3H3,(H2,15,17,18,19). The van der Waals surface area contributed by atoms with E-state index in [0.29, 0.717) is 11.9 Å². The van der Waals surface area contributed by atoms with Crippen LogP contribution in [0.25, 0.3) is 0 Å². The molecule has 2 heterocycles. The molecule has 7 heteroatoms. The first-order chi connectivity index (χ1) is 10.1. The van der Waals surface area contributed by atoms with Gasteiger partial charge < -0.3 is 16.0 Å². The maximum Gasteiger partial charge on any atom is 0.229 e. The number of hydrogen-bond donors (Lipinski definition) is 2. The lowest BCUT2D eigenvalue weighted by Crippen LogP contribution is -2.34. The summed E-state index contributed by atoms with van der Waals surface area (Å²) in [6.45, 7) is 4.09. The van der Waals surface area contributed by atoms with Gasteiger partial charge in [-0.1, -0.05) is 0 Å². The molecule has 0 radical (unpaired) electrons. The fourth-order valence-electron chi connectivity index (χ4n) is 2.68. The molecule has 7 nitrogen and oxygen atoms in total. The molecule has 118 valence electrons. The molecule has 0 atom stereocenters. The van der Waals surface area contributed by atoms with Gasteiger partial charge in [0.05, 0.1) is 6.54 Å². The van der Waals surface area contributed by atoms with Crippen LogP contribution in [-0.2, 0) is 6.54 Å². The zero-order valence-electron chi connectivity index (χ0n) is 13.3. The summed E-state index contributed by atoms with van der Waals surface area (Å²) in [7, 11) is 5.83. The summed E-state index contributed by atoms with van der Waals surface area (Å²) in [5, 5.41) is 3.23. The monoisotopic (exact) mass is 293 g/mol. The van der Waals surface area contributed by atoms with Crippen molar-refractivity contribution in [3.63, 3.8) is 0 Å². The fraction of sp³-hybridized carbons (Fsp3) is 0.786. The van der Waals surface area contributed by atoms with E-state index in [4.69, 9.17) is 5.73 Å². The summed E-state index contributed by atoms with van der Waals surface area (Å²) in [6, 6.07) is 0. The second-order valence-corrected chi connectivity index (χ2v) is 5.92. The van der Waals surface area contributed by atoms with Crippen molar-refractivity contribution in [1.82, 2.24) is 25.2 Å². The lowest BCUT2D eigenvalue weighted by molar-refractivity contribution is 0.169. The second kappa shape index (κ2) is 7.51. The molecule has 1 aliphatic heterocycles. The number of piperidine rings is 1. The molecule has 1 aromatic rings. The molecule has 1 saturated heterocycles. The van der Waals surface area contributed by atoms with Gasteiger partial charge in [0.1, 0.15) is 5.82 Å². The van der Waals surface area contributed by atoms with Crippen molar-refractivity contribution in [1.29, 1.82) is 0 Å². The largest absolute Gasteiger partial charge is 0.368 e. The minimum atomic E-state index is 0.299. The molecule has 1 aromatic heterocycles. The third kappa shape index (κ3) is 4.78. The molecule has 0 amide bonds. The predicted molar refractivity (Wildman–Crippen MR) is 85.1 cm³/mol. The number of nitrogens with zero attached hydrogens (tertiary/aromatic N) is 5. The Balaban J connectivity index is 1.88. The Morgan fingerprint density at radius 2 is 1.95 bits per heavy atom. The summed E-state index contributed by atoms with van der Waals surface area (Å²) in [5.41, 5.74) is 5.76. The fourth-order valence-corrected chi connectivity index (χ4v) is 2.68. The zero-order chi connectivity index (χ0) is 15.2. The van der Waals surface area contributed by atoms with Gasteiger partial charge in [-0.3, -0.25) is 4.90 Å². The van der Waals surface area contributed by atoms with Crippen LogP contribution in [0.1, 0.15) is 25.1 Å². The SMILES string of the molecule is CNCCC1CCN(Cc2nc(N)nc(N(C)C)n2)CC1. The lowest BCUT2D eigenvalue weighted by atomic mass is 9.93. The average molecular weight is 293 g/mol. The van der Waals surface area contributed by atoms with E-state index in [-0.39, 0.29) is 0 Å². The summed E-state index contributed by atoms with van der Waals surface area (Å²) in [4.78, 5) is 17.1. The Morgan fingerprint density at radius 1 is 1.24 bits per heavy atom. The molecule has 3 N–H and O–H groups in total. The van der Waals surface area contributed by atoms with E-state index >= 15 is 0 Å². The lowest BCUT2D eigenvalue weighted by Gasteiger charge is -2.31. The van der Waals surface area contributed by atoms with Gasteiger partial charge in [-0.05, 0) is 51.9 Å². The summed E-state index contributed by atoms with van der Waals surface area (Å²) < 4.78 is 0. The normalized spacial score (nSPS) is 17.1. The van der Waals surface area contributed by atoms with Gasteiger partial charge in [-0.25, -0.2) is 0 Å². The number of likely N-dealkylation sites (tertiary alicyclic amines) is 1. The summed E-state index contributed by atoms with van der Waals surface area (Å²) >= 11 is 0. The summed E-state index contributed by atoms with van der Waals surface area (Å²) in [5.74, 6) is 2.53. The molecular formula is C14H27N7. The van der Waals surface area contributed by atoms with Gasteiger partial charge in [-0.15, -0.1) is 0 Å². The van der Waals surface area contributed by atoms with Crippen molar-refractivity contribution < 1.29 is 0 Å². The van der Waals surface area contributed by atoms with Crippen LogP contribution in [0.5, 0.6) is 0 Å². The van der Waals surface area contributed by atoms with E-state index in [1.54, 1.807) is 0 Å². The molecule has 21 heavy (non-hydrogen) atoms.